The zero-order chi connectivity index (χ0) is 16.7. The number of rotatable bonds is 2. The molecule has 1 aliphatic heterocycles. The molecule has 4 heteroatoms. The maximum absolute atomic E-state index is 13.0. The van der Waals surface area contributed by atoms with Crippen LogP contribution in [-0.4, -0.2) is 23.9 Å². The average molecular weight is 320 g/mol. The summed E-state index contributed by atoms with van der Waals surface area (Å²) in [5, 5.41) is 8.97. The quantitative estimate of drug-likeness (QED) is 0.844. The van der Waals surface area contributed by atoms with Gasteiger partial charge in [-0.2, -0.15) is 5.26 Å². The molecule has 0 radical (unpaired) electrons. The number of amides is 1. The Bertz CT molecular complexity index is 812. The summed E-state index contributed by atoms with van der Waals surface area (Å²) in [6.45, 7) is 3.30. The molecular formula is C20H20N2O2. The summed E-state index contributed by atoms with van der Waals surface area (Å²) in [7, 11) is 0. The fourth-order valence-electron chi connectivity index (χ4n) is 4.33. The molecule has 2 fully saturated rings. The molecule has 1 unspecified atom stereocenters. The minimum atomic E-state index is -0.0116. The number of nitrogens with zero attached hydrogens (tertiary/aromatic N) is 2. The highest BCUT2D eigenvalue weighted by atomic mass is 16.3. The Morgan fingerprint density at radius 1 is 1.33 bits per heavy atom. The third kappa shape index (κ3) is 2.24. The van der Waals surface area contributed by atoms with Gasteiger partial charge in [0.1, 0.15) is 11.8 Å². The number of likely N-dealkylation sites (tertiary alicyclic amines) is 1. The highest BCUT2D eigenvalue weighted by Gasteiger charge is 2.52. The topological polar surface area (TPSA) is 57.2 Å². The van der Waals surface area contributed by atoms with Crippen LogP contribution in [0.4, 0.5) is 0 Å². The van der Waals surface area contributed by atoms with Crippen molar-refractivity contribution in [1.29, 1.82) is 5.26 Å². The first-order valence-corrected chi connectivity index (χ1v) is 8.48. The smallest absolute Gasteiger partial charge is 0.257 e. The van der Waals surface area contributed by atoms with Gasteiger partial charge < -0.3 is 9.32 Å². The van der Waals surface area contributed by atoms with E-state index in [4.69, 9.17) is 9.68 Å². The van der Waals surface area contributed by atoms with E-state index in [-0.39, 0.29) is 17.1 Å². The van der Waals surface area contributed by atoms with Crippen LogP contribution in [0.3, 0.4) is 0 Å². The Kier molecular flexibility index (Phi) is 3.45. The molecule has 1 spiro atoms. The van der Waals surface area contributed by atoms with Crippen LogP contribution in [0.15, 0.2) is 40.8 Å². The van der Waals surface area contributed by atoms with Crippen LogP contribution in [-0.2, 0) is 0 Å². The molecular weight excluding hydrogens is 300 g/mol. The Morgan fingerprint density at radius 2 is 2.08 bits per heavy atom. The van der Waals surface area contributed by atoms with Crippen molar-refractivity contribution in [3.05, 3.63) is 59.0 Å². The van der Waals surface area contributed by atoms with Crippen LogP contribution < -0.4 is 0 Å². The van der Waals surface area contributed by atoms with E-state index >= 15 is 0 Å². The van der Waals surface area contributed by atoms with Crippen molar-refractivity contribution < 1.29 is 9.21 Å². The van der Waals surface area contributed by atoms with E-state index in [1.807, 2.05) is 17.0 Å². The maximum atomic E-state index is 13.0. The highest BCUT2D eigenvalue weighted by Crippen LogP contribution is 2.55. The van der Waals surface area contributed by atoms with Crippen molar-refractivity contribution in [3.8, 4) is 6.07 Å². The molecule has 2 aliphatic rings. The molecule has 0 N–H and O–H groups in total. The molecule has 1 atom stereocenters. The van der Waals surface area contributed by atoms with Gasteiger partial charge in [0.15, 0.2) is 0 Å². The van der Waals surface area contributed by atoms with E-state index < -0.39 is 0 Å². The van der Waals surface area contributed by atoms with E-state index in [0.717, 1.165) is 13.1 Å². The zero-order valence-corrected chi connectivity index (χ0v) is 13.8. The fourth-order valence-corrected chi connectivity index (χ4v) is 4.33. The summed E-state index contributed by atoms with van der Waals surface area (Å²) < 4.78 is 5.34. The maximum Gasteiger partial charge on any atom is 0.257 e. The number of nitriles is 1. The van der Waals surface area contributed by atoms with E-state index in [1.165, 1.54) is 24.8 Å². The van der Waals surface area contributed by atoms with Crippen molar-refractivity contribution in [1.82, 2.24) is 4.90 Å². The van der Waals surface area contributed by atoms with Crippen molar-refractivity contribution in [2.75, 3.05) is 13.1 Å². The SMILES string of the molecule is Cc1oc(C#N)cc1C(=O)N1CC(c2ccccc2)C2(CCC2)C1. The number of furan rings is 1. The normalized spacial score (nSPS) is 21.5. The lowest BCUT2D eigenvalue weighted by atomic mass is 9.61. The number of aryl methyl sites for hydroxylation is 1. The average Bonchev–Trinajstić information content (AvgIpc) is 3.16. The molecule has 24 heavy (non-hydrogen) atoms. The van der Waals surface area contributed by atoms with Gasteiger partial charge in [0.05, 0.1) is 5.56 Å². The van der Waals surface area contributed by atoms with E-state index in [2.05, 4.69) is 24.3 Å². The molecule has 4 nitrogen and oxygen atoms in total. The summed E-state index contributed by atoms with van der Waals surface area (Å²) in [5.41, 5.74) is 2.08. The van der Waals surface area contributed by atoms with Gasteiger partial charge in [-0.1, -0.05) is 36.8 Å². The number of carbonyl (C=O) groups is 1. The van der Waals surface area contributed by atoms with Gasteiger partial charge >= 0.3 is 0 Å². The molecule has 1 aliphatic carbocycles. The lowest BCUT2D eigenvalue weighted by Crippen LogP contribution is -2.37. The monoisotopic (exact) mass is 320 g/mol. The van der Waals surface area contributed by atoms with Crippen molar-refractivity contribution in [2.24, 2.45) is 5.41 Å². The summed E-state index contributed by atoms with van der Waals surface area (Å²) in [6.07, 6.45) is 3.61. The second-order valence-corrected chi connectivity index (χ2v) is 7.06. The molecule has 0 bridgehead atoms. The predicted octanol–water partition coefficient (Wildman–Crippen LogP) is 3.87. The molecule has 2 aromatic rings. The van der Waals surface area contributed by atoms with E-state index in [9.17, 15) is 4.79 Å². The highest BCUT2D eigenvalue weighted by molar-refractivity contribution is 5.95. The van der Waals surface area contributed by atoms with Crippen LogP contribution in [0.5, 0.6) is 0 Å². The molecule has 1 saturated heterocycles. The molecule has 4 rings (SSSR count). The van der Waals surface area contributed by atoms with E-state index in [0.29, 0.717) is 17.2 Å². The molecule has 1 saturated carbocycles. The second-order valence-electron chi connectivity index (χ2n) is 7.06. The van der Waals surface area contributed by atoms with Crippen molar-refractivity contribution in [3.63, 3.8) is 0 Å². The number of carbonyl (C=O) groups excluding carboxylic acids is 1. The van der Waals surface area contributed by atoms with Gasteiger partial charge in [-0.05, 0) is 30.7 Å². The number of benzene rings is 1. The van der Waals surface area contributed by atoms with Crippen LogP contribution in [0.1, 0.15) is 52.6 Å². The Hall–Kier alpha value is -2.54. The lowest BCUT2D eigenvalue weighted by molar-refractivity contribution is 0.0724. The first-order valence-electron chi connectivity index (χ1n) is 8.48. The second kappa shape index (κ2) is 5.52. The van der Waals surface area contributed by atoms with Crippen molar-refractivity contribution in [2.45, 2.75) is 32.1 Å². The Labute approximate surface area is 141 Å². The first-order chi connectivity index (χ1) is 11.6. The summed E-state index contributed by atoms with van der Waals surface area (Å²) in [5.74, 6) is 1.12. The van der Waals surface area contributed by atoms with Crippen LogP contribution in [0.25, 0.3) is 0 Å². The summed E-state index contributed by atoms with van der Waals surface area (Å²) in [6, 6.07) is 14.1. The number of hydrogen-bond donors (Lipinski definition) is 0. The van der Waals surface area contributed by atoms with Gasteiger partial charge in [-0.25, -0.2) is 0 Å². The summed E-state index contributed by atoms with van der Waals surface area (Å²) in [4.78, 5) is 14.9. The third-order valence-electron chi connectivity index (χ3n) is 5.74. The van der Waals surface area contributed by atoms with Gasteiger partial charge in [0, 0.05) is 25.1 Å². The molecule has 1 amide bonds. The molecule has 122 valence electrons. The minimum absolute atomic E-state index is 0.0116. The van der Waals surface area contributed by atoms with Gasteiger partial charge in [0.25, 0.3) is 5.91 Å². The van der Waals surface area contributed by atoms with Crippen LogP contribution in [0, 0.1) is 23.7 Å². The van der Waals surface area contributed by atoms with Gasteiger partial charge in [0.2, 0.25) is 5.76 Å². The first kappa shape index (κ1) is 15.0. The summed E-state index contributed by atoms with van der Waals surface area (Å²) >= 11 is 0. The standard InChI is InChI=1S/C20H20N2O2/c1-14-17(10-16(11-21)24-14)19(23)22-12-18(15-6-3-2-4-7-15)20(13-22)8-5-9-20/h2-4,6-7,10,18H,5,8-9,12-13H2,1H3. The molecule has 1 aromatic carbocycles. The molecule has 2 heterocycles. The minimum Gasteiger partial charge on any atom is -0.450 e. The fraction of sp³-hybridized carbons (Fsp3) is 0.400. The van der Waals surface area contributed by atoms with Crippen LogP contribution >= 0.6 is 0 Å². The zero-order valence-electron chi connectivity index (χ0n) is 13.8. The van der Waals surface area contributed by atoms with Gasteiger partial charge in [-0.3, -0.25) is 4.79 Å². The van der Waals surface area contributed by atoms with Gasteiger partial charge in [-0.15, -0.1) is 0 Å². The number of hydrogen-bond acceptors (Lipinski definition) is 3. The Morgan fingerprint density at radius 3 is 2.67 bits per heavy atom. The third-order valence-corrected chi connectivity index (χ3v) is 5.74. The predicted molar refractivity (Wildman–Crippen MR) is 89.5 cm³/mol. The van der Waals surface area contributed by atoms with Crippen molar-refractivity contribution >= 4 is 5.91 Å². The largest absolute Gasteiger partial charge is 0.450 e. The lowest BCUT2D eigenvalue weighted by Gasteiger charge is -2.43. The molecule has 1 aromatic heterocycles. The van der Waals surface area contributed by atoms with Crippen LogP contribution in [0.2, 0.25) is 0 Å². The van der Waals surface area contributed by atoms with E-state index in [1.54, 1.807) is 13.0 Å². The Balaban J connectivity index is 1.63.